The van der Waals surface area contributed by atoms with Gasteiger partial charge in [0.05, 0.1) is 0 Å². The molecule has 1 aliphatic rings. The minimum Gasteiger partial charge on any atom is -0.481 e. The molecule has 0 atom stereocenters. The predicted octanol–water partition coefficient (Wildman–Crippen LogP) is 5.16. The Bertz CT molecular complexity index is 1200. The third kappa shape index (κ3) is 6.59. The molecule has 1 heterocycles. The van der Waals surface area contributed by atoms with Gasteiger partial charge in [0.15, 0.2) is 5.69 Å². The molecule has 0 saturated heterocycles. The van der Waals surface area contributed by atoms with Gasteiger partial charge in [0.1, 0.15) is 5.76 Å². The van der Waals surface area contributed by atoms with Crippen LogP contribution < -0.4 is 10.6 Å². The SMILES string of the molecule is Cc1oc(-c2ccccc2)nc1C(=O)NCCC(=O)Nc1ccc(C2CCC(CC(=O)O)CC2)cc1. The zero-order valence-electron chi connectivity index (χ0n) is 20.3. The predicted molar refractivity (Wildman–Crippen MR) is 136 cm³/mol. The van der Waals surface area contributed by atoms with E-state index in [2.05, 4.69) is 15.6 Å². The van der Waals surface area contributed by atoms with E-state index in [0.29, 0.717) is 23.3 Å². The number of nitrogens with zero attached hydrogens (tertiary/aromatic N) is 1. The maximum absolute atomic E-state index is 12.5. The first-order valence-electron chi connectivity index (χ1n) is 12.3. The number of amides is 2. The Kier molecular flexibility index (Phi) is 8.15. The van der Waals surface area contributed by atoms with Crippen molar-refractivity contribution < 1.29 is 23.9 Å². The van der Waals surface area contributed by atoms with Gasteiger partial charge in [0.25, 0.3) is 5.91 Å². The van der Waals surface area contributed by atoms with E-state index in [1.165, 1.54) is 5.56 Å². The topological polar surface area (TPSA) is 122 Å². The summed E-state index contributed by atoms with van der Waals surface area (Å²) in [6, 6.07) is 17.2. The van der Waals surface area contributed by atoms with Crippen LogP contribution in [-0.4, -0.2) is 34.4 Å². The first-order chi connectivity index (χ1) is 17.4. The molecule has 3 aromatic rings. The molecule has 2 aromatic carbocycles. The van der Waals surface area contributed by atoms with Crippen LogP contribution in [0, 0.1) is 12.8 Å². The molecule has 0 radical (unpaired) electrons. The van der Waals surface area contributed by atoms with Crippen LogP contribution in [0.5, 0.6) is 0 Å². The van der Waals surface area contributed by atoms with E-state index in [9.17, 15) is 14.4 Å². The number of hydrogen-bond donors (Lipinski definition) is 3. The Hall–Kier alpha value is -3.94. The van der Waals surface area contributed by atoms with E-state index in [4.69, 9.17) is 9.52 Å². The van der Waals surface area contributed by atoms with Crippen molar-refractivity contribution in [3.63, 3.8) is 0 Å². The van der Waals surface area contributed by atoms with Gasteiger partial charge in [-0.05, 0) is 74.3 Å². The minimum absolute atomic E-state index is 0.128. The fourth-order valence-electron chi connectivity index (χ4n) is 4.69. The van der Waals surface area contributed by atoms with E-state index in [-0.39, 0.29) is 42.8 Å². The number of hydrogen-bond acceptors (Lipinski definition) is 5. The first-order valence-corrected chi connectivity index (χ1v) is 12.3. The average Bonchev–Trinajstić information content (AvgIpc) is 3.27. The lowest BCUT2D eigenvalue weighted by Gasteiger charge is -2.28. The van der Waals surface area contributed by atoms with Crippen LogP contribution >= 0.6 is 0 Å². The lowest BCUT2D eigenvalue weighted by molar-refractivity contribution is -0.138. The van der Waals surface area contributed by atoms with E-state index in [0.717, 1.165) is 31.2 Å². The summed E-state index contributed by atoms with van der Waals surface area (Å²) in [6.45, 7) is 1.86. The molecule has 36 heavy (non-hydrogen) atoms. The maximum Gasteiger partial charge on any atom is 0.303 e. The van der Waals surface area contributed by atoms with Gasteiger partial charge >= 0.3 is 5.97 Å². The van der Waals surface area contributed by atoms with Gasteiger partial charge in [-0.25, -0.2) is 4.98 Å². The van der Waals surface area contributed by atoms with Crippen molar-refractivity contribution in [2.75, 3.05) is 11.9 Å². The molecule has 3 N–H and O–H groups in total. The number of carboxylic acids is 1. The van der Waals surface area contributed by atoms with Gasteiger partial charge in [-0.15, -0.1) is 0 Å². The number of anilines is 1. The summed E-state index contributed by atoms with van der Waals surface area (Å²) < 4.78 is 5.63. The van der Waals surface area contributed by atoms with Crippen LogP contribution in [0.1, 0.15) is 66.3 Å². The standard InChI is InChI=1S/C28H31N3O5/c1-18-26(31-28(36-18)22-5-3-2-4-6-22)27(35)29-16-15-24(32)30-23-13-11-21(12-14-23)20-9-7-19(8-10-20)17-25(33)34/h2-6,11-14,19-20H,7-10,15-17H2,1H3,(H,29,35)(H,30,32)(H,33,34). The van der Waals surface area contributed by atoms with E-state index >= 15 is 0 Å². The maximum atomic E-state index is 12.5. The number of carbonyl (C=O) groups is 3. The minimum atomic E-state index is -0.719. The number of nitrogens with one attached hydrogen (secondary N) is 2. The van der Waals surface area contributed by atoms with E-state index in [1.54, 1.807) is 6.92 Å². The summed E-state index contributed by atoms with van der Waals surface area (Å²) in [7, 11) is 0. The van der Waals surface area contributed by atoms with Crippen molar-refractivity contribution in [3.05, 3.63) is 71.6 Å². The number of aromatic nitrogens is 1. The summed E-state index contributed by atoms with van der Waals surface area (Å²) in [5.74, 6) is 0.213. The third-order valence-corrected chi connectivity index (χ3v) is 6.65. The molecule has 2 amide bonds. The lowest BCUT2D eigenvalue weighted by Crippen LogP contribution is -2.28. The monoisotopic (exact) mass is 489 g/mol. The summed E-state index contributed by atoms with van der Waals surface area (Å²) in [4.78, 5) is 40.1. The molecule has 8 heteroatoms. The van der Waals surface area contributed by atoms with E-state index < -0.39 is 5.97 Å². The average molecular weight is 490 g/mol. The van der Waals surface area contributed by atoms with Gasteiger partial charge in [-0.3, -0.25) is 14.4 Å². The van der Waals surface area contributed by atoms with Crippen molar-refractivity contribution in [2.45, 2.75) is 51.4 Å². The Morgan fingerprint density at radius 1 is 1.00 bits per heavy atom. The number of rotatable bonds is 9. The summed E-state index contributed by atoms with van der Waals surface area (Å²) >= 11 is 0. The second-order valence-electron chi connectivity index (χ2n) is 9.28. The van der Waals surface area contributed by atoms with E-state index in [1.807, 2.05) is 54.6 Å². The second-order valence-corrected chi connectivity index (χ2v) is 9.28. The van der Waals surface area contributed by atoms with Gasteiger partial charge in [-0.2, -0.15) is 0 Å². The molecule has 8 nitrogen and oxygen atoms in total. The zero-order valence-corrected chi connectivity index (χ0v) is 20.3. The largest absolute Gasteiger partial charge is 0.481 e. The van der Waals surface area contributed by atoms with Crippen LogP contribution in [0.3, 0.4) is 0 Å². The number of benzene rings is 2. The Labute approximate surface area is 210 Å². The summed E-state index contributed by atoms with van der Waals surface area (Å²) in [5.41, 5.74) is 2.92. The van der Waals surface area contributed by atoms with Crippen LogP contribution in [0.25, 0.3) is 11.5 Å². The number of oxazole rings is 1. The van der Waals surface area contributed by atoms with Crippen molar-refractivity contribution in [1.82, 2.24) is 10.3 Å². The normalized spacial score (nSPS) is 17.4. The molecule has 0 aliphatic heterocycles. The molecule has 1 aromatic heterocycles. The highest BCUT2D eigenvalue weighted by Gasteiger charge is 2.24. The fourth-order valence-corrected chi connectivity index (χ4v) is 4.69. The lowest BCUT2D eigenvalue weighted by atomic mass is 9.77. The number of carbonyl (C=O) groups excluding carboxylic acids is 2. The molecule has 0 unspecified atom stereocenters. The van der Waals surface area contributed by atoms with Gasteiger partial charge in [0, 0.05) is 30.6 Å². The van der Waals surface area contributed by atoms with Gasteiger partial charge < -0.3 is 20.2 Å². The molecule has 188 valence electrons. The smallest absolute Gasteiger partial charge is 0.303 e. The summed E-state index contributed by atoms with van der Waals surface area (Å²) in [6.07, 6.45) is 4.22. The molecule has 1 fully saturated rings. The van der Waals surface area contributed by atoms with Crippen molar-refractivity contribution in [3.8, 4) is 11.5 Å². The molecular weight excluding hydrogens is 458 g/mol. The summed E-state index contributed by atoms with van der Waals surface area (Å²) in [5, 5.41) is 14.6. The zero-order chi connectivity index (χ0) is 25.5. The van der Waals surface area contributed by atoms with Crippen LogP contribution in [0.2, 0.25) is 0 Å². The van der Waals surface area contributed by atoms with Gasteiger partial charge in [-0.1, -0.05) is 30.3 Å². The number of aryl methyl sites for hydroxylation is 1. The van der Waals surface area contributed by atoms with Crippen LogP contribution in [0.4, 0.5) is 5.69 Å². The van der Waals surface area contributed by atoms with Crippen molar-refractivity contribution in [1.29, 1.82) is 0 Å². The molecule has 0 spiro atoms. The molecule has 1 aliphatic carbocycles. The van der Waals surface area contributed by atoms with Crippen LogP contribution in [-0.2, 0) is 9.59 Å². The highest BCUT2D eigenvalue weighted by Crippen LogP contribution is 2.37. The molecular formula is C28H31N3O5. The second kappa shape index (κ2) is 11.7. The third-order valence-electron chi connectivity index (χ3n) is 6.65. The quantitative estimate of drug-likeness (QED) is 0.382. The highest BCUT2D eigenvalue weighted by atomic mass is 16.4. The Balaban J connectivity index is 1.21. The number of carboxylic acid groups (broad SMARTS) is 1. The van der Waals surface area contributed by atoms with Crippen molar-refractivity contribution >= 4 is 23.5 Å². The molecule has 4 rings (SSSR count). The van der Waals surface area contributed by atoms with Crippen molar-refractivity contribution in [2.24, 2.45) is 5.92 Å². The Morgan fingerprint density at radius 3 is 2.36 bits per heavy atom. The fraction of sp³-hybridized carbons (Fsp3) is 0.357. The molecule has 0 bridgehead atoms. The van der Waals surface area contributed by atoms with Gasteiger partial charge in [0.2, 0.25) is 11.8 Å². The Morgan fingerprint density at radius 2 is 1.69 bits per heavy atom. The first kappa shape index (κ1) is 25.2. The van der Waals surface area contributed by atoms with Crippen LogP contribution in [0.15, 0.2) is 59.0 Å². The number of aliphatic carboxylic acids is 1. The molecule has 1 saturated carbocycles. The highest BCUT2D eigenvalue weighted by molar-refractivity contribution is 5.95.